The normalized spacial score (nSPS) is 10.8. The predicted octanol–water partition coefficient (Wildman–Crippen LogP) is 3.33. The molecule has 0 bridgehead atoms. The van der Waals surface area contributed by atoms with E-state index in [0.717, 1.165) is 5.69 Å². The molecule has 6 heteroatoms. The highest BCUT2D eigenvalue weighted by Crippen LogP contribution is 2.26. The Kier molecular flexibility index (Phi) is 4.62. The maximum absolute atomic E-state index is 6.08. The lowest BCUT2D eigenvalue weighted by atomic mass is 10.2. The Hall–Kier alpha value is -1.59. The largest absolute Gasteiger partial charge is 0.486 e. The van der Waals surface area contributed by atoms with Gasteiger partial charge in [-0.3, -0.25) is 4.68 Å². The fourth-order valence-corrected chi connectivity index (χ4v) is 2.29. The number of aromatic nitrogens is 2. The van der Waals surface area contributed by atoms with Gasteiger partial charge >= 0.3 is 0 Å². The molecule has 0 aliphatic carbocycles. The summed E-state index contributed by atoms with van der Waals surface area (Å²) in [5, 5.41) is 4.90. The first-order valence-electron chi connectivity index (χ1n) is 6.24. The van der Waals surface area contributed by atoms with Gasteiger partial charge in [0.1, 0.15) is 17.3 Å². The maximum Gasteiger partial charge on any atom is 0.132 e. The molecular formula is C14H16ClN3OS. The quantitative estimate of drug-likeness (QED) is 0.861. The lowest BCUT2D eigenvalue weighted by Crippen LogP contribution is -2.12. The zero-order chi connectivity index (χ0) is 14.7. The van der Waals surface area contributed by atoms with Gasteiger partial charge in [-0.1, -0.05) is 29.9 Å². The van der Waals surface area contributed by atoms with Crippen molar-refractivity contribution in [2.24, 2.45) is 5.73 Å². The van der Waals surface area contributed by atoms with Crippen LogP contribution in [0.1, 0.15) is 31.1 Å². The molecule has 0 aliphatic heterocycles. The van der Waals surface area contributed by atoms with E-state index in [9.17, 15) is 0 Å². The summed E-state index contributed by atoms with van der Waals surface area (Å²) >= 11 is 11.1. The summed E-state index contributed by atoms with van der Waals surface area (Å²) in [4.78, 5) is 0.221. The molecule has 1 heterocycles. The van der Waals surface area contributed by atoms with E-state index in [4.69, 9.17) is 34.3 Å². The molecule has 2 rings (SSSR count). The number of rotatable bonds is 5. The van der Waals surface area contributed by atoms with Crippen LogP contribution in [0.4, 0.5) is 0 Å². The lowest BCUT2D eigenvalue weighted by molar-refractivity contribution is 0.298. The molecule has 0 aliphatic rings. The summed E-state index contributed by atoms with van der Waals surface area (Å²) in [5.41, 5.74) is 7.08. The molecule has 0 saturated heterocycles. The van der Waals surface area contributed by atoms with E-state index in [1.54, 1.807) is 18.2 Å². The molecule has 0 fully saturated rings. The molecule has 1 aromatic carbocycles. The second kappa shape index (κ2) is 6.24. The Morgan fingerprint density at radius 3 is 2.80 bits per heavy atom. The van der Waals surface area contributed by atoms with Crippen LogP contribution in [0.3, 0.4) is 0 Å². The first kappa shape index (κ1) is 14.8. The third-order valence-corrected chi connectivity index (χ3v) is 3.31. The average molecular weight is 310 g/mol. The predicted molar refractivity (Wildman–Crippen MR) is 84.3 cm³/mol. The van der Waals surface area contributed by atoms with E-state index >= 15 is 0 Å². The molecule has 0 saturated carbocycles. The van der Waals surface area contributed by atoms with Crippen LogP contribution in [0.15, 0.2) is 30.5 Å². The van der Waals surface area contributed by atoms with E-state index in [1.165, 1.54) is 0 Å². The van der Waals surface area contributed by atoms with E-state index in [2.05, 4.69) is 18.9 Å². The fraction of sp³-hybridized carbons (Fsp3) is 0.286. The third kappa shape index (κ3) is 3.29. The first-order chi connectivity index (χ1) is 9.49. The molecule has 0 radical (unpaired) electrons. The van der Waals surface area contributed by atoms with E-state index in [1.807, 2.05) is 16.9 Å². The van der Waals surface area contributed by atoms with Crippen molar-refractivity contribution in [3.05, 3.63) is 46.7 Å². The second-order valence-corrected chi connectivity index (χ2v) is 5.49. The highest BCUT2D eigenvalue weighted by atomic mass is 35.5. The van der Waals surface area contributed by atoms with Crippen molar-refractivity contribution in [2.45, 2.75) is 26.5 Å². The minimum absolute atomic E-state index is 0.221. The molecule has 106 valence electrons. The monoisotopic (exact) mass is 309 g/mol. The van der Waals surface area contributed by atoms with Gasteiger partial charge in [-0.25, -0.2) is 0 Å². The Bertz CT molecular complexity index is 625. The molecule has 0 spiro atoms. The number of thiocarbonyl (C=S) groups is 1. The van der Waals surface area contributed by atoms with Gasteiger partial charge < -0.3 is 10.5 Å². The average Bonchev–Trinajstić information content (AvgIpc) is 2.84. The third-order valence-electron chi connectivity index (χ3n) is 2.79. The number of benzene rings is 1. The van der Waals surface area contributed by atoms with Crippen LogP contribution in [-0.4, -0.2) is 14.8 Å². The van der Waals surface area contributed by atoms with Crippen LogP contribution in [0.5, 0.6) is 5.75 Å². The Morgan fingerprint density at radius 1 is 1.45 bits per heavy atom. The zero-order valence-corrected chi connectivity index (χ0v) is 12.9. The number of ether oxygens (including phenoxy) is 1. The number of nitrogens with two attached hydrogens (primary N) is 1. The van der Waals surface area contributed by atoms with Gasteiger partial charge in [-0.15, -0.1) is 0 Å². The van der Waals surface area contributed by atoms with E-state index < -0.39 is 0 Å². The highest BCUT2D eigenvalue weighted by molar-refractivity contribution is 7.80. The summed E-state index contributed by atoms with van der Waals surface area (Å²) in [7, 11) is 0. The molecule has 0 amide bonds. The van der Waals surface area contributed by atoms with Crippen molar-refractivity contribution < 1.29 is 4.74 Å². The van der Waals surface area contributed by atoms with Crippen molar-refractivity contribution >= 4 is 28.8 Å². The summed E-state index contributed by atoms with van der Waals surface area (Å²) in [6, 6.07) is 7.56. The van der Waals surface area contributed by atoms with Gasteiger partial charge in [-0.2, -0.15) is 5.10 Å². The van der Waals surface area contributed by atoms with Gasteiger partial charge in [0.25, 0.3) is 0 Å². The summed E-state index contributed by atoms with van der Waals surface area (Å²) in [6.07, 6.45) is 1.93. The van der Waals surface area contributed by atoms with Crippen LogP contribution in [0, 0.1) is 0 Å². The van der Waals surface area contributed by atoms with Crippen LogP contribution in [-0.2, 0) is 6.61 Å². The van der Waals surface area contributed by atoms with E-state index in [0.29, 0.717) is 29.0 Å². The summed E-state index contributed by atoms with van der Waals surface area (Å²) in [6.45, 7) is 4.48. The molecule has 0 unspecified atom stereocenters. The number of halogens is 1. The number of nitrogens with zero attached hydrogens (tertiary/aromatic N) is 2. The van der Waals surface area contributed by atoms with Crippen molar-refractivity contribution in [1.29, 1.82) is 0 Å². The molecule has 2 aromatic rings. The topological polar surface area (TPSA) is 53.1 Å². The maximum atomic E-state index is 6.08. The molecule has 2 N–H and O–H groups in total. The smallest absolute Gasteiger partial charge is 0.132 e. The van der Waals surface area contributed by atoms with Crippen molar-refractivity contribution in [2.75, 3.05) is 0 Å². The highest BCUT2D eigenvalue weighted by Gasteiger charge is 2.11. The van der Waals surface area contributed by atoms with Gasteiger partial charge in [-0.05, 0) is 32.0 Å². The van der Waals surface area contributed by atoms with Crippen LogP contribution < -0.4 is 10.5 Å². The van der Waals surface area contributed by atoms with Gasteiger partial charge in [0.2, 0.25) is 0 Å². The van der Waals surface area contributed by atoms with Crippen molar-refractivity contribution in [1.82, 2.24) is 9.78 Å². The SMILES string of the molecule is CC(C)n1ccc(COc2cccc(Cl)c2C(N)=S)n1. The van der Waals surface area contributed by atoms with Gasteiger partial charge in [0, 0.05) is 12.2 Å². The van der Waals surface area contributed by atoms with Crippen molar-refractivity contribution in [3.63, 3.8) is 0 Å². The lowest BCUT2D eigenvalue weighted by Gasteiger charge is -2.11. The zero-order valence-electron chi connectivity index (χ0n) is 11.3. The summed E-state index contributed by atoms with van der Waals surface area (Å²) < 4.78 is 7.61. The van der Waals surface area contributed by atoms with E-state index in [-0.39, 0.29) is 4.99 Å². The Morgan fingerprint density at radius 2 is 2.20 bits per heavy atom. The number of hydrogen-bond acceptors (Lipinski definition) is 3. The van der Waals surface area contributed by atoms with Crippen LogP contribution in [0.2, 0.25) is 5.02 Å². The molecule has 0 atom stereocenters. The minimum Gasteiger partial charge on any atom is -0.486 e. The first-order valence-corrected chi connectivity index (χ1v) is 7.03. The van der Waals surface area contributed by atoms with Gasteiger partial charge in [0.15, 0.2) is 0 Å². The standard InChI is InChI=1S/C14H16ClN3OS/c1-9(2)18-7-6-10(17-18)8-19-12-5-3-4-11(15)13(12)14(16)20/h3-7,9H,8H2,1-2H3,(H2,16,20). The number of hydrogen-bond donors (Lipinski definition) is 1. The molecule has 1 aromatic heterocycles. The van der Waals surface area contributed by atoms with Crippen molar-refractivity contribution in [3.8, 4) is 5.75 Å². The molecule has 20 heavy (non-hydrogen) atoms. The van der Waals surface area contributed by atoms with Gasteiger partial charge in [0.05, 0.1) is 16.3 Å². The molecular weight excluding hydrogens is 294 g/mol. The van der Waals surface area contributed by atoms with Crippen LogP contribution in [0.25, 0.3) is 0 Å². The van der Waals surface area contributed by atoms with Crippen LogP contribution >= 0.6 is 23.8 Å². The Balaban J connectivity index is 2.14. The minimum atomic E-state index is 0.221. The second-order valence-electron chi connectivity index (χ2n) is 4.65. The Labute approximate surface area is 128 Å². The molecule has 4 nitrogen and oxygen atoms in total. The fourth-order valence-electron chi connectivity index (χ4n) is 1.76. The summed E-state index contributed by atoms with van der Waals surface area (Å²) in [5.74, 6) is 0.573.